The van der Waals surface area contributed by atoms with Crippen molar-refractivity contribution in [2.75, 3.05) is 19.0 Å². The second kappa shape index (κ2) is 8.72. The molecular formula is C19H22N2O3. The predicted molar refractivity (Wildman–Crippen MR) is 94.4 cm³/mol. The Morgan fingerprint density at radius 1 is 1.08 bits per heavy atom. The molecule has 0 spiro atoms. The fourth-order valence-electron chi connectivity index (χ4n) is 2.13. The molecule has 24 heavy (non-hydrogen) atoms. The highest BCUT2D eigenvalue weighted by atomic mass is 16.5. The van der Waals surface area contributed by atoms with Gasteiger partial charge in [-0.15, -0.1) is 0 Å². The second-order valence-corrected chi connectivity index (χ2v) is 5.38. The lowest BCUT2D eigenvalue weighted by atomic mass is 10.1. The molecule has 0 heterocycles. The van der Waals surface area contributed by atoms with Crippen LogP contribution in [-0.2, 0) is 11.2 Å². The number of benzene rings is 2. The largest absolute Gasteiger partial charge is 0.494 e. The summed E-state index contributed by atoms with van der Waals surface area (Å²) in [5, 5.41) is 5.42. The lowest BCUT2D eigenvalue weighted by Gasteiger charge is -2.09. The van der Waals surface area contributed by atoms with Crippen molar-refractivity contribution in [1.29, 1.82) is 0 Å². The summed E-state index contributed by atoms with van der Waals surface area (Å²) in [5.74, 6) is 0.442. The van der Waals surface area contributed by atoms with Crippen molar-refractivity contribution >= 4 is 17.5 Å². The number of nitrogens with one attached hydrogen (secondary N) is 2. The molecule has 0 aliphatic rings. The van der Waals surface area contributed by atoms with E-state index in [9.17, 15) is 9.59 Å². The van der Waals surface area contributed by atoms with Crippen LogP contribution in [0.15, 0.2) is 48.5 Å². The molecule has 5 heteroatoms. The average molecular weight is 326 g/mol. The van der Waals surface area contributed by atoms with Gasteiger partial charge < -0.3 is 15.4 Å². The van der Waals surface area contributed by atoms with E-state index in [1.807, 2.05) is 25.1 Å². The Morgan fingerprint density at radius 3 is 2.50 bits per heavy atom. The summed E-state index contributed by atoms with van der Waals surface area (Å²) in [7, 11) is 1.61. The van der Waals surface area contributed by atoms with Crippen LogP contribution in [0.1, 0.15) is 29.3 Å². The normalized spacial score (nSPS) is 10.1. The fraction of sp³-hybridized carbons (Fsp3) is 0.263. The minimum absolute atomic E-state index is 0.0457. The molecule has 2 aromatic carbocycles. The molecule has 0 unspecified atom stereocenters. The van der Waals surface area contributed by atoms with Gasteiger partial charge in [0.2, 0.25) is 5.91 Å². The van der Waals surface area contributed by atoms with Crippen molar-refractivity contribution in [2.45, 2.75) is 19.8 Å². The first kappa shape index (κ1) is 17.5. The number of carbonyl (C=O) groups is 2. The van der Waals surface area contributed by atoms with Gasteiger partial charge in [0.15, 0.2) is 0 Å². The number of ether oxygens (including phenoxy) is 1. The van der Waals surface area contributed by atoms with E-state index in [0.717, 1.165) is 12.0 Å². The quantitative estimate of drug-likeness (QED) is 0.822. The fourth-order valence-corrected chi connectivity index (χ4v) is 2.13. The van der Waals surface area contributed by atoms with Crippen molar-refractivity contribution in [3.05, 3.63) is 59.7 Å². The molecule has 0 atom stereocenters. The van der Waals surface area contributed by atoms with Crippen molar-refractivity contribution in [1.82, 2.24) is 5.32 Å². The maximum Gasteiger partial charge on any atom is 0.255 e. The Labute approximate surface area is 142 Å². The van der Waals surface area contributed by atoms with Crippen LogP contribution in [0.4, 0.5) is 5.69 Å². The SMILES string of the molecule is CCCOc1cccc(C(=O)Nc2ccc(CC(=O)NC)cc2)c1. The third kappa shape index (κ3) is 5.12. The summed E-state index contributed by atoms with van der Waals surface area (Å²) in [4.78, 5) is 23.7. The molecule has 0 saturated heterocycles. The second-order valence-electron chi connectivity index (χ2n) is 5.38. The van der Waals surface area contributed by atoms with E-state index in [4.69, 9.17) is 4.74 Å². The molecule has 2 amide bonds. The Hall–Kier alpha value is -2.82. The van der Waals surface area contributed by atoms with E-state index in [2.05, 4.69) is 10.6 Å². The van der Waals surface area contributed by atoms with Gasteiger partial charge in [0.1, 0.15) is 5.75 Å². The number of amides is 2. The van der Waals surface area contributed by atoms with Gasteiger partial charge in [-0.25, -0.2) is 0 Å². The number of anilines is 1. The van der Waals surface area contributed by atoms with Crippen LogP contribution in [0.2, 0.25) is 0 Å². The molecule has 0 aliphatic carbocycles. The van der Waals surface area contributed by atoms with E-state index in [1.165, 1.54) is 0 Å². The van der Waals surface area contributed by atoms with Gasteiger partial charge in [-0.05, 0) is 42.3 Å². The number of hydrogen-bond donors (Lipinski definition) is 2. The van der Waals surface area contributed by atoms with Gasteiger partial charge in [0.05, 0.1) is 13.0 Å². The average Bonchev–Trinajstić information content (AvgIpc) is 2.61. The molecule has 0 saturated carbocycles. The predicted octanol–water partition coefficient (Wildman–Crippen LogP) is 3.02. The minimum Gasteiger partial charge on any atom is -0.494 e. The zero-order valence-corrected chi connectivity index (χ0v) is 14.0. The summed E-state index contributed by atoms with van der Waals surface area (Å²) in [6.07, 6.45) is 1.24. The van der Waals surface area contributed by atoms with Gasteiger partial charge in [0, 0.05) is 18.3 Å². The maximum absolute atomic E-state index is 12.3. The van der Waals surface area contributed by atoms with E-state index in [-0.39, 0.29) is 11.8 Å². The summed E-state index contributed by atoms with van der Waals surface area (Å²) >= 11 is 0. The minimum atomic E-state index is -0.198. The molecular weight excluding hydrogens is 304 g/mol. The standard InChI is InChI=1S/C19H22N2O3/c1-3-11-24-17-6-4-5-15(13-17)19(23)21-16-9-7-14(8-10-16)12-18(22)20-2/h4-10,13H,3,11-12H2,1-2H3,(H,20,22)(H,21,23). The molecule has 0 aromatic heterocycles. The third-order valence-electron chi connectivity index (χ3n) is 3.42. The van der Waals surface area contributed by atoms with Crippen LogP contribution in [0.5, 0.6) is 5.75 Å². The first-order valence-electron chi connectivity index (χ1n) is 7.96. The zero-order chi connectivity index (χ0) is 17.4. The van der Waals surface area contributed by atoms with Crippen LogP contribution in [0, 0.1) is 0 Å². The van der Waals surface area contributed by atoms with Crippen LogP contribution >= 0.6 is 0 Å². The van der Waals surface area contributed by atoms with Crippen molar-refractivity contribution in [2.24, 2.45) is 0 Å². The molecule has 2 rings (SSSR count). The number of carbonyl (C=O) groups excluding carboxylic acids is 2. The Morgan fingerprint density at radius 2 is 1.83 bits per heavy atom. The third-order valence-corrected chi connectivity index (χ3v) is 3.42. The molecule has 0 bridgehead atoms. The molecule has 2 aromatic rings. The molecule has 0 aliphatic heterocycles. The molecule has 0 radical (unpaired) electrons. The monoisotopic (exact) mass is 326 g/mol. The lowest BCUT2D eigenvalue weighted by Crippen LogP contribution is -2.19. The smallest absolute Gasteiger partial charge is 0.255 e. The van der Waals surface area contributed by atoms with Gasteiger partial charge >= 0.3 is 0 Å². The van der Waals surface area contributed by atoms with Crippen LogP contribution in [0.3, 0.4) is 0 Å². The highest BCUT2D eigenvalue weighted by Crippen LogP contribution is 2.16. The molecule has 5 nitrogen and oxygen atoms in total. The van der Waals surface area contributed by atoms with E-state index >= 15 is 0 Å². The van der Waals surface area contributed by atoms with Crippen LogP contribution in [0.25, 0.3) is 0 Å². The van der Waals surface area contributed by atoms with Crippen LogP contribution in [-0.4, -0.2) is 25.5 Å². The molecule has 126 valence electrons. The number of likely N-dealkylation sites (N-methyl/N-ethyl adjacent to an activating group) is 1. The van der Waals surface area contributed by atoms with Crippen molar-refractivity contribution < 1.29 is 14.3 Å². The Bertz CT molecular complexity index is 696. The van der Waals surface area contributed by atoms with Gasteiger partial charge in [-0.2, -0.15) is 0 Å². The number of hydrogen-bond acceptors (Lipinski definition) is 3. The first-order valence-corrected chi connectivity index (χ1v) is 7.96. The van der Waals surface area contributed by atoms with Crippen molar-refractivity contribution in [3.8, 4) is 5.75 Å². The van der Waals surface area contributed by atoms with Crippen LogP contribution < -0.4 is 15.4 Å². The molecule has 2 N–H and O–H groups in total. The highest BCUT2D eigenvalue weighted by Gasteiger charge is 2.08. The summed E-state index contributed by atoms with van der Waals surface area (Å²) < 4.78 is 5.54. The maximum atomic E-state index is 12.3. The van der Waals surface area contributed by atoms with E-state index < -0.39 is 0 Å². The zero-order valence-electron chi connectivity index (χ0n) is 14.0. The summed E-state index contributed by atoms with van der Waals surface area (Å²) in [6, 6.07) is 14.3. The van der Waals surface area contributed by atoms with Gasteiger partial charge in [0.25, 0.3) is 5.91 Å². The molecule has 0 fully saturated rings. The Balaban J connectivity index is 2.00. The number of rotatable bonds is 7. The lowest BCUT2D eigenvalue weighted by molar-refractivity contribution is -0.119. The van der Waals surface area contributed by atoms with Gasteiger partial charge in [-0.1, -0.05) is 25.1 Å². The summed E-state index contributed by atoms with van der Waals surface area (Å²) in [5.41, 5.74) is 2.11. The van der Waals surface area contributed by atoms with Crippen molar-refractivity contribution in [3.63, 3.8) is 0 Å². The van der Waals surface area contributed by atoms with E-state index in [1.54, 1.807) is 37.4 Å². The van der Waals surface area contributed by atoms with Gasteiger partial charge in [-0.3, -0.25) is 9.59 Å². The van der Waals surface area contributed by atoms with E-state index in [0.29, 0.717) is 30.0 Å². The highest BCUT2D eigenvalue weighted by molar-refractivity contribution is 6.04. The Kier molecular flexibility index (Phi) is 6.37. The first-order chi connectivity index (χ1) is 11.6. The topological polar surface area (TPSA) is 67.4 Å². The summed E-state index contributed by atoms with van der Waals surface area (Å²) in [6.45, 7) is 2.65.